The SMILES string of the molecule is CCOc1ccc(CCC(=O)N2CCN(C(=O)c3ccco3)CC2)cc1. The monoisotopic (exact) mass is 356 g/mol. The Morgan fingerprint density at radius 1 is 1.04 bits per heavy atom. The van der Waals surface area contributed by atoms with Crippen molar-refractivity contribution in [1.82, 2.24) is 9.80 Å². The van der Waals surface area contributed by atoms with Gasteiger partial charge in [0.2, 0.25) is 5.91 Å². The molecule has 1 fully saturated rings. The van der Waals surface area contributed by atoms with Crippen LogP contribution in [0.4, 0.5) is 0 Å². The highest BCUT2D eigenvalue weighted by Crippen LogP contribution is 2.15. The highest BCUT2D eigenvalue weighted by Gasteiger charge is 2.25. The van der Waals surface area contributed by atoms with Crippen LogP contribution < -0.4 is 4.74 Å². The predicted octanol–water partition coefficient (Wildman–Crippen LogP) is 2.60. The van der Waals surface area contributed by atoms with E-state index in [0.717, 1.165) is 11.3 Å². The fourth-order valence-corrected chi connectivity index (χ4v) is 3.04. The lowest BCUT2D eigenvalue weighted by molar-refractivity contribution is -0.132. The number of aryl methyl sites for hydroxylation is 1. The molecule has 26 heavy (non-hydrogen) atoms. The second kappa shape index (κ2) is 8.56. The number of benzene rings is 1. The summed E-state index contributed by atoms with van der Waals surface area (Å²) in [5.74, 6) is 1.21. The van der Waals surface area contributed by atoms with Gasteiger partial charge in [-0.2, -0.15) is 0 Å². The summed E-state index contributed by atoms with van der Waals surface area (Å²) in [5.41, 5.74) is 1.12. The van der Waals surface area contributed by atoms with Gasteiger partial charge in [-0.1, -0.05) is 12.1 Å². The van der Waals surface area contributed by atoms with Gasteiger partial charge in [0.25, 0.3) is 5.91 Å². The number of hydrogen-bond acceptors (Lipinski definition) is 4. The van der Waals surface area contributed by atoms with Gasteiger partial charge in [0.05, 0.1) is 12.9 Å². The van der Waals surface area contributed by atoms with Crippen molar-refractivity contribution >= 4 is 11.8 Å². The van der Waals surface area contributed by atoms with Crippen LogP contribution in [-0.2, 0) is 11.2 Å². The van der Waals surface area contributed by atoms with Gasteiger partial charge in [0, 0.05) is 32.6 Å². The largest absolute Gasteiger partial charge is 0.494 e. The Kier molecular flexibility index (Phi) is 5.94. The Labute approximate surface area is 153 Å². The van der Waals surface area contributed by atoms with Crippen molar-refractivity contribution in [1.29, 1.82) is 0 Å². The first-order chi connectivity index (χ1) is 12.7. The number of hydrogen-bond donors (Lipinski definition) is 0. The molecule has 0 unspecified atom stereocenters. The zero-order chi connectivity index (χ0) is 18.4. The van der Waals surface area contributed by atoms with Crippen LogP contribution in [0.5, 0.6) is 5.75 Å². The lowest BCUT2D eigenvalue weighted by Gasteiger charge is -2.34. The average molecular weight is 356 g/mol. The smallest absolute Gasteiger partial charge is 0.289 e. The Morgan fingerprint density at radius 3 is 2.35 bits per heavy atom. The second-order valence-electron chi connectivity index (χ2n) is 6.23. The lowest BCUT2D eigenvalue weighted by atomic mass is 10.1. The summed E-state index contributed by atoms with van der Waals surface area (Å²) in [6.07, 6.45) is 2.67. The number of piperazine rings is 1. The number of carbonyl (C=O) groups is 2. The maximum Gasteiger partial charge on any atom is 0.289 e. The molecule has 2 heterocycles. The fourth-order valence-electron chi connectivity index (χ4n) is 3.04. The van der Waals surface area contributed by atoms with Crippen molar-refractivity contribution in [3.63, 3.8) is 0 Å². The molecule has 2 aromatic rings. The summed E-state index contributed by atoms with van der Waals surface area (Å²) in [4.78, 5) is 28.2. The molecule has 3 rings (SSSR count). The third-order valence-electron chi connectivity index (χ3n) is 4.51. The molecule has 0 N–H and O–H groups in total. The summed E-state index contributed by atoms with van der Waals surface area (Å²) in [6, 6.07) is 11.2. The normalized spacial score (nSPS) is 14.3. The molecule has 1 saturated heterocycles. The van der Waals surface area contributed by atoms with E-state index >= 15 is 0 Å². The van der Waals surface area contributed by atoms with Crippen LogP contribution in [0, 0.1) is 0 Å². The van der Waals surface area contributed by atoms with Crippen LogP contribution >= 0.6 is 0 Å². The van der Waals surface area contributed by atoms with Gasteiger partial charge < -0.3 is 19.0 Å². The molecule has 6 heteroatoms. The lowest BCUT2D eigenvalue weighted by Crippen LogP contribution is -2.50. The van der Waals surface area contributed by atoms with E-state index in [1.165, 1.54) is 6.26 Å². The Bertz CT molecular complexity index is 717. The fraction of sp³-hybridized carbons (Fsp3) is 0.400. The number of ether oxygens (including phenoxy) is 1. The molecular weight excluding hydrogens is 332 g/mol. The van der Waals surface area contributed by atoms with Crippen LogP contribution in [0.3, 0.4) is 0 Å². The van der Waals surface area contributed by atoms with Crippen molar-refractivity contribution in [2.45, 2.75) is 19.8 Å². The minimum Gasteiger partial charge on any atom is -0.494 e. The van der Waals surface area contributed by atoms with E-state index in [4.69, 9.17) is 9.15 Å². The van der Waals surface area contributed by atoms with E-state index in [1.807, 2.05) is 36.1 Å². The van der Waals surface area contributed by atoms with Crippen LogP contribution in [0.15, 0.2) is 47.1 Å². The van der Waals surface area contributed by atoms with Crippen LogP contribution in [0.1, 0.15) is 29.5 Å². The molecule has 0 saturated carbocycles. The molecular formula is C20H24N2O4. The van der Waals surface area contributed by atoms with E-state index in [2.05, 4.69) is 0 Å². The summed E-state index contributed by atoms with van der Waals surface area (Å²) in [5, 5.41) is 0. The van der Waals surface area contributed by atoms with E-state index in [9.17, 15) is 9.59 Å². The van der Waals surface area contributed by atoms with Crippen molar-refractivity contribution in [2.24, 2.45) is 0 Å². The topological polar surface area (TPSA) is 63.0 Å². The minimum atomic E-state index is -0.114. The molecule has 0 radical (unpaired) electrons. The number of rotatable bonds is 6. The van der Waals surface area contributed by atoms with Crippen molar-refractivity contribution in [3.05, 3.63) is 54.0 Å². The Balaban J connectivity index is 1.44. The summed E-state index contributed by atoms with van der Waals surface area (Å²) < 4.78 is 10.6. The number of nitrogens with zero attached hydrogens (tertiary/aromatic N) is 2. The van der Waals surface area contributed by atoms with Gasteiger partial charge >= 0.3 is 0 Å². The van der Waals surface area contributed by atoms with Crippen molar-refractivity contribution in [3.8, 4) is 5.75 Å². The first kappa shape index (κ1) is 18.0. The molecule has 1 aromatic heterocycles. The summed E-state index contributed by atoms with van der Waals surface area (Å²) in [7, 11) is 0. The van der Waals surface area contributed by atoms with Crippen molar-refractivity contribution in [2.75, 3.05) is 32.8 Å². The molecule has 0 spiro atoms. The van der Waals surface area contributed by atoms with E-state index < -0.39 is 0 Å². The van der Waals surface area contributed by atoms with Gasteiger partial charge in [-0.15, -0.1) is 0 Å². The van der Waals surface area contributed by atoms with Crippen LogP contribution in [-0.4, -0.2) is 54.4 Å². The zero-order valence-corrected chi connectivity index (χ0v) is 15.0. The third kappa shape index (κ3) is 4.45. The molecule has 0 atom stereocenters. The zero-order valence-electron chi connectivity index (χ0n) is 15.0. The molecule has 1 aliphatic heterocycles. The minimum absolute atomic E-state index is 0.114. The molecule has 0 bridgehead atoms. The maximum absolute atomic E-state index is 12.4. The highest BCUT2D eigenvalue weighted by atomic mass is 16.5. The van der Waals surface area contributed by atoms with Gasteiger partial charge in [-0.05, 0) is 43.2 Å². The molecule has 138 valence electrons. The number of carbonyl (C=O) groups excluding carboxylic acids is 2. The highest BCUT2D eigenvalue weighted by molar-refractivity contribution is 5.91. The van der Waals surface area contributed by atoms with E-state index in [1.54, 1.807) is 17.0 Å². The first-order valence-corrected chi connectivity index (χ1v) is 8.99. The summed E-state index contributed by atoms with van der Waals surface area (Å²) >= 11 is 0. The van der Waals surface area contributed by atoms with E-state index in [0.29, 0.717) is 51.4 Å². The Morgan fingerprint density at radius 2 is 1.73 bits per heavy atom. The van der Waals surface area contributed by atoms with Gasteiger partial charge in [-0.25, -0.2) is 0 Å². The average Bonchev–Trinajstić information content (AvgIpc) is 3.22. The Hall–Kier alpha value is -2.76. The standard InChI is InChI=1S/C20H24N2O4/c1-2-25-17-8-5-16(6-9-17)7-10-19(23)21-11-13-22(14-12-21)20(24)18-4-3-15-26-18/h3-6,8-9,15H,2,7,10-14H2,1H3. The molecule has 1 aliphatic rings. The van der Waals surface area contributed by atoms with Crippen LogP contribution in [0.2, 0.25) is 0 Å². The predicted molar refractivity (Wildman–Crippen MR) is 97.1 cm³/mol. The number of amides is 2. The van der Waals surface area contributed by atoms with Crippen molar-refractivity contribution < 1.29 is 18.7 Å². The quantitative estimate of drug-likeness (QED) is 0.798. The number of furan rings is 1. The third-order valence-corrected chi connectivity index (χ3v) is 4.51. The van der Waals surface area contributed by atoms with Gasteiger partial charge in [-0.3, -0.25) is 9.59 Å². The van der Waals surface area contributed by atoms with Crippen LogP contribution in [0.25, 0.3) is 0 Å². The maximum atomic E-state index is 12.4. The molecule has 2 amide bonds. The molecule has 0 aliphatic carbocycles. The van der Waals surface area contributed by atoms with Gasteiger partial charge in [0.1, 0.15) is 5.75 Å². The molecule has 6 nitrogen and oxygen atoms in total. The first-order valence-electron chi connectivity index (χ1n) is 8.99. The van der Waals surface area contributed by atoms with Gasteiger partial charge in [0.15, 0.2) is 5.76 Å². The second-order valence-corrected chi connectivity index (χ2v) is 6.23. The summed E-state index contributed by atoms with van der Waals surface area (Å²) in [6.45, 7) is 4.80. The molecule has 1 aromatic carbocycles. The van der Waals surface area contributed by atoms with E-state index in [-0.39, 0.29) is 11.8 Å².